The largest absolute Gasteiger partial charge is 0.485 e. The minimum absolute atomic E-state index is 0.437. The maximum atomic E-state index is 6.04. The number of rotatable bonds is 7. The molecule has 0 radical (unpaired) electrons. The maximum absolute atomic E-state index is 6.04. The third-order valence-electron chi connectivity index (χ3n) is 4.59. The van der Waals surface area contributed by atoms with Crippen molar-refractivity contribution in [3.05, 3.63) is 53.1 Å². The van der Waals surface area contributed by atoms with E-state index in [0.717, 1.165) is 48.0 Å². The van der Waals surface area contributed by atoms with Crippen LogP contribution in [0.4, 0.5) is 0 Å². The molecule has 0 bridgehead atoms. The van der Waals surface area contributed by atoms with Crippen LogP contribution in [0.3, 0.4) is 0 Å². The third-order valence-corrected chi connectivity index (χ3v) is 4.59. The smallest absolute Gasteiger partial charge is 0.164 e. The van der Waals surface area contributed by atoms with Crippen molar-refractivity contribution in [3.63, 3.8) is 0 Å². The molecule has 1 aliphatic rings. The highest BCUT2D eigenvalue weighted by Gasteiger charge is 2.18. The van der Waals surface area contributed by atoms with Gasteiger partial charge in [0.1, 0.15) is 18.1 Å². The van der Waals surface area contributed by atoms with E-state index in [1.165, 1.54) is 12.8 Å². The van der Waals surface area contributed by atoms with Crippen LogP contribution in [-0.2, 0) is 24.4 Å². The molecule has 0 amide bonds. The standard InChI is InChI=1S/C20H27N3O2/c1-15-20(25-13-17-6-4-3-5-7-17)18(14-24-2)23-19(22-15)12-16-8-10-21-11-9-16/h3-7,16,21H,8-14H2,1-2H3. The molecule has 3 rings (SSSR count). The first kappa shape index (κ1) is 17.8. The van der Waals surface area contributed by atoms with Gasteiger partial charge in [0.25, 0.3) is 0 Å². The number of aromatic nitrogens is 2. The van der Waals surface area contributed by atoms with Crippen LogP contribution in [0.2, 0.25) is 0 Å². The zero-order valence-corrected chi connectivity index (χ0v) is 15.1. The van der Waals surface area contributed by atoms with Gasteiger partial charge in [0.2, 0.25) is 0 Å². The molecule has 1 saturated heterocycles. The van der Waals surface area contributed by atoms with E-state index >= 15 is 0 Å². The summed E-state index contributed by atoms with van der Waals surface area (Å²) < 4.78 is 11.4. The Balaban J connectivity index is 1.74. The predicted molar refractivity (Wildman–Crippen MR) is 97.6 cm³/mol. The van der Waals surface area contributed by atoms with E-state index in [2.05, 4.69) is 17.4 Å². The van der Waals surface area contributed by atoms with Gasteiger partial charge >= 0.3 is 0 Å². The number of aryl methyl sites for hydroxylation is 1. The Hall–Kier alpha value is -1.98. The van der Waals surface area contributed by atoms with E-state index in [0.29, 0.717) is 19.1 Å². The molecule has 25 heavy (non-hydrogen) atoms. The number of methoxy groups -OCH3 is 1. The van der Waals surface area contributed by atoms with Crippen LogP contribution in [-0.4, -0.2) is 30.2 Å². The average molecular weight is 341 g/mol. The molecule has 1 aromatic carbocycles. The second-order valence-corrected chi connectivity index (χ2v) is 6.61. The molecule has 2 heterocycles. The lowest BCUT2D eigenvalue weighted by Gasteiger charge is -2.22. The van der Waals surface area contributed by atoms with Crippen molar-refractivity contribution in [1.82, 2.24) is 15.3 Å². The fourth-order valence-electron chi connectivity index (χ4n) is 3.27. The second-order valence-electron chi connectivity index (χ2n) is 6.61. The summed E-state index contributed by atoms with van der Waals surface area (Å²) in [6.45, 7) is 5.12. The highest BCUT2D eigenvalue weighted by atomic mass is 16.5. The van der Waals surface area contributed by atoms with E-state index < -0.39 is 0 Å². The summed E-state index contributed by atoms with van der Waals surface area (Å²) in [5.74, 6) is 2.32. The number of piperidine rings is 1. The van der Waals surface area contributed by atoms with Crippen molar-refractivity contribution in [2.45, 2.75) is 39.4 Å². The second kappa shape index (κ2) is 8.92. The molecule has 1 fully saturated rings. The SMILES string of the molecule is COCc1nc(CC2CCNCC2)nc(C)c1OCc1ccccc1. The monoisotopic (exact) mass is 341 g/mol. The first-order valence-corrected chi connectivity index (χ1v) is 8.99. The molecule has 5 heteroatoms. The Morgan fingerprint density at radius 1 is 1.08 bits per heavy atom. The zero-order valence-electron chi connectivity index (χ0n) is 15.1. The van der Waals surface area contributed by atoms with Crippen LogP contribution >= 0.6 is 0 Å². The van der Waals surface area contributed by atoms with Crippen molar-refractivity contribution in [3.8, 4) is 5.75 Å². The minimum atomic E-state index is 0.437. The number of benzene rings is 1. The lowest BCUT2D eigenvalue weighted by molar-refractivity contribution is 0.174. The van der Waals surface area contributed by atoms with Gasteiger partial charge in [0.15, 0.2) is 5.75 Å². The first-order chi connectivity index (χ1) is 12.3. The summed E-state index contributed by atoms with van der Waals surface area (Å²) >= 11 is 0. The molecule has 0 aliphatic carbocycles. The molecule has 0 saturated carbocycles. The maximum Gasteiger partial charge on any atom is 0.164 e. The van der Waals surface area contributed by atoms with Crippen LogP contribution in [0.1, 0.15) is 35.6 Å². The van der Waals surface area contributed by atoms with Gasteiger partial charge in [-0.05, 0) is 44.3 Å². The van der Waals surface area contributed by atoms with Gasteiger partial charge in [-0.25, -0.2) is 9.97 Å². The minimum Gasteiger partial charge on any atom is -0.485 e. The highest BCUT2D eigenvalue weighted by Crippen LogP contribution is 2.25. The summed E-state index contributed by atoms with van der Waals surface area (Å²) in [5.41, 5.74) is 2.86. The number of ether oxygens (including phenoxy) is 2. The zero-order chi connectivity index (χ0) is 17.5. The summed E-state index contributed by atoms with van der Waals surface area (Å²) in [6, 6.07) is 10.1. The molecule has 1 aliphatic heterocycles. The summed E-state index contributed by atoms with van der Waals surface area (Å²) in [5, 5.41) is 3.40. The molecule has 2 aromatic rings. The fourth-order valence-corrected chi connectivity index (χ4v) is 3.27. The van der Waals surface area contributed by atoms with Gasteiger partial charge in [0, 0.05) is 13.5 Å². The van der Waals surface area contributed by atoms with Crippen molar-refractivity contribution in [2.75, 3.05) is 20.2 Å². The molecular weight excluding hydrogens is 314 g/mol. The van der Waals surface area contributed by atoms with E-state index in [-0.39, 0.29) is 0 Å². The summed E-state index contributed by atoms with van der Waals surface area (Å²) in [4.78, 5) is 9.46. The van der Waals surface area contributed by atoms with Gasteiger partial charge < -0.3 is 14.8 Å². The van der Waals surface area contributed by atoms with Crippen LogP contribution in [0, 0.1) is 12.8 Å². The van der Waals surface area contributed by atoms with Crippen molar-refractivity contribution < 1.29 is 9.47 Å². The van der Waals surface area contributed by atoms with Crippen LogP contribution in [0.15, 0.2) is 30.3 Å². The van der Waals surface area contributed by atoms with Crippen LogP contribution < -0.4 is 10.1 Å². The lowest BCUT2D eigenvalue weighted by atomic mass is 9.94. The Morgan fingerprint density at radius 3 is 2.56 bits per heavy atom. The topological polar surface area (TPSA) is 56.3 Å². The van der Waals surface area contributed by atoms with Crippen molar-refractivity contribution in [1.29, 1.82) is 0 Å². The quantitative estimate of drug-likeness (QED) is 0.839. The number of nitrogens with zero attached hydrogens (tertiary/aromatic N) is 2. The molecule has 1 aromatic heterocycles. The summed E-state index contributed by atoms with van der Waals surface area (Å²) in [6.07, 6.45) is 3.31. The first-order valence-electron chi connectivity index (χ1n) is 8.99. The van der Waals surface area contributed by atoms with Gasteiger partial charge in [-0.1, -0.05) is 30.3 Å². The van der Waals surface area contributed by atoms with Crippen LogP contribution in [0.25, 0.3) is 0 Å². The Morgan fingerprint density at radius 2 is 1.84 bits per heavy atom. The average Bonchev–Trinajstić information content (AvgIpc) is 2.63. The van der Waals surface area contributed by atoms with Crippen molar-refractivity contribution in [2.24, 2.45) is 5.92 Å². The molecular formula is C20H27N3O2. The van der Waals surface area contributed by atoms with Gasteiger partial charge in [-0.2, -0.15) is 0 Å². The Bertz CT molecular complexity index is 670. The molecule has 0 atom stereocenters. The van der Waals surface area contributed by atoms with Gasteiger partial charge in [-0.3, -0.25) is 0 Å². The number of hydrogen-bond donors (Lipinski definition) is 1. The molecule has 134 valence electrons. The number of hydrogen-bond acceptors (Lipinski definition) is 5. The molecule has 0 unspecified atom stereocenters. The molecule has 0 spiro atoms. The predicted octanol–water partition coefficient (Wildman–Crippen LogP) is 3.05. The normalized spacial score (nSPS) is 15.3. The summed E-state index contributed by atoms with van der Waals surface area (Å²) in [7, 11) is 1.69. The third kappa shape index (κ3) is 5.00. The Kier molecular flexibility index (Phi) is 6.36. The fraction of sp³-hybridized carbons (Fsp3) is 0.500. The van der Waals surface area contributed by atoms with E-state index in [1.807, 2.05) is 25.1 Å². The number of nitrogens with one attached hydrogen (secondary N) is 1. The Labute approximate surface area is 149 Å². The highest BCUT2D eigenvalue weighted by molar-refractivity contribution is 5.32. The van der Waals surface area contributed by atoms with Crippen LogP contribution in [0.5, 0.6) is 5.75 Å². The lowest BCUT2D eigenvalue weighted by Crippen LogP contribution is -2.29. The molecule has 5 nitrogen and oxygen atoms in total. The van der Waals surface area contributed by atoms with E-state index in [4.69, 9.17) is 19.4 Å². The van der Waals surface area contributed by atoms with E-state index in [9.17, 15) is 0 Å². The van der Waals surface area contributed by atoms with E-state index in [1.54, 1.807) is 7.11 Å². The van der Waals surface area contributed by atoms with Gasteiger partial charge in [-0.15, -0.1) is 0 Å². The molecule has 1 N–H and O–H groups in total. The van der Waals surface area contributed by atoms with Crippen molar-refractivity contribution >= 4 is 0 Å². The van der Waals surface area contributed by atoms with Gasteiger partial charge in [0.05, 0.1) is 12.3 Å².